The summed E-state index contributed by atoms with van der Waals surface area (Å²) >= 11 is 0. The highest BCUT2D eigenvalue weighted by molar-refractivity contribution is 5.84. The molecule has 4 aliphatic rings. The Bertz CT molecular complexity index is 1050. The minimum absolute atomic E-state index is 0.00669. The van der Waals surface area contributed by atoms with Gasteiger partial charge in [0.05, 0.1) is 23.7 Å². The first kappa shape index (κ1) is 24.8. The van der Waals surface area contributed by atoms with Gasteiger partial charge in [0.1, 0.15) is 6.04 Å². The maximum Gasteiger partial charge on any atom is 0.490 e. The number of nitrogens with zero attached hydrogens (tertiary/aromatic N) is 4. The van der Waals surface area contributed by atoms with E-state index in [-0.39, 0.29) is 23.9 Å². The van der Waals surface area contributed by atoms with Gasteiger partial charge in [0, 0.05) is 23.8 Å². The van der Waals surface area contributed by atoms with E-state index in [2.05, 4.69) is 17.0 Å². The highest BCUT2D eigenvalue weighted by atomic mass is 19.4. The molecular weight excluding hydrogens is 463 g/mol. The molecule has 2 bridgehead atoms. The zero-order chi connectivity index (χ0) is 25.5. The van der Waals surface area contributed by atoms with E-state index in [4.69, 9.17) is 20.9 Å². The fourth-order valence-corrected chi connectivity index (χ4v) is 5.90. The Labute approximate surface area is 200 Å². The molecule has 1 aromatic carbocycles. The first-order valence-electron chi connectivity index (χ1n) is 11.6. The van der Waals surface area contributed by atoms with Crippen LogP contribution in [-0.2, 0) is 9.59 Å². The summed E-state index contributed by atoms with van der Waals surface area (Å²) < 4.78 is 31.7. The molecule has 3 saturated heterocycles. The van der Waals surface area contributed by atoms with Crippen molar-refractivity contribution in [2.75, 3.05) is 4.90 Å². The monoisotopic (exact) mass is 489 g/mol. The topological polar surface area (TPSA) is 134 Å². The van der Waals surface area contributed by atoms with E-state index in [0.717, 1.165) is 44.2 Å². The molecule has 186 valence electrons. The van der Waals surface area contributed by atoms with Crippen molar-refractivity contribution in [1.82, 2.24) is 4.90 Å². The highest BCUT2D eigenvalue weighted by Crippen LogP contribution is 2.49. The zero-order valence-electron chi connectivity index (χ0n) is 18.9. The molecule has 3 heterocycles. The summed E-state index contributed by atoms with van der Waals surface area (Å²) in [5.41, 5.74) is 8.33. The molecule has 1 aliphatic carbocycles. The second-order valence-electron chi connectivity index (χ2n) is 9.70. The number of hydrogen-bond donors (Lipinski definition) is 2. The lowest BCUT2D eigenvalue weighted by atomic mass is 9.84. The molecule has 0 spiro atoms. The standard InChI is InChI=1S/C22H25N5O.C2HF3O2/c23-11-13-1-3-16(4-2-13)26-17-5-6-18(26)9-15(8-17)21(25)22(28)27-19(12-24)7-14-10-20(14)27;3-2(4,5)1(6)7/h1-4,14-15,17-21H,5-10,25H2;(H,6,7)/t14-,15?,17?,18?,19+,20+,21+;/m1./s1. The Morgan fingerprint density at radius 2 is 1.63 bits per heavy atom. The second kappa shape index (κ2) is 9.38. The maximum atomic E-state index is 13.1. The Kier molecular flexibility index (Phi) is 6.65. The van der Waals surface area contributed by atoms with Crippen LogP contribution in [0.15, 0.2) is 24.3 Å². The van der Waals surface area contributed by atoms with Crippen LogP contribution in [0.1, 0.15) is 44.1 Å². The van der Waals surface area contributed by atoms with Gasteiger partial charge in [-0.1, -0.05) is 0 Å². The molecule has 0 aromatic heterocycles. The van der Waals surface area contributed by atoms with Crippen molar-refractivity contribution in [2.24, 2.45) is 17.6 Å². The normalized spacial score (nSPS) is 31.4. The number of carboxylic acids is 1. The molecule has 4 fully saturated rings. The van der Waals surface area contributed by atoms with E-state index in [9.17, 15) is 23.2 Å². The molecule has 1 amide bonds. The van der Waals surface area contributed by atoms with Gasteiger partial charge in [-0.2, -0.15) is 23.7 Å². The molecule has 6 atom stereocenters. The number of fused-ring (bicyclic) bond motifs is 3. The van der Waals surface area contributed by atoms with Gasteiger partial charge >= 0.3 is 12.1 Å². The van der Waals surface area contributed by atoms with Crippen LogP contribution in [0.4, 0.5) is 18.9 Å². The van der Waals surface area contributed by atoms with Gasteiger partial charge in [0.15, 0.2) is 0 Å². The largest absolute Gasteiger partial charge is 0.490 e. The van der Waals surface area contributed by atoms with Crippen LogP contribution in [0.3, 0.4) is 0 Å². The number of rotatable bonds is 3. The molecular formula is C24H26F3N5O3. The fraction of sp³-hybridized carbons (Fsp3) is 0.583. The number of carbonyl (C=O) groups is 2. The molecule has 3 N–H and O–H groups in total. The Hall–Kier alpha value is -3.31. The van der Waals surface area contributed by atoms with E-state index in [1.165, 1.54) is 0 Å². The molecule has 1 aromatic rings. The average molecular weight is 489 g/mol. The molecule has 5 rings (SSSR count). The van der Waals surface area contributed by atoms with Crippen LogP contribution >= 0.6 is 0 Å². The molecule has 35 heavy (non-hydrogen) atoms. The molecule has 2 unspecified atom stereocenters. The minimum atomic E-state index is -5.08. The smallest absolute Gasteiger partial charge is 0.475 e. The van der Waals surface area contributed by atoms with Crippen LogP contribution in [0.2, 0.25) is 0 Å². The number of nitriles is 2. The number of carbonyl (C=O) groups excluding carboxylic acids is 1. The van der Waals surface area contributed by atoms with Crippen molar-refractivity contribution >= 4 is 17.6 Å². The quantitative estimate of drug-likeness (QED) is 0.667. The SMILES string of the molecule is N#Cc1ccc(N2C3CCC2CC([C@H](N)C(=O)N2[C@H](C#N)C[C@@H]4C[C@@H]42)C3)cc1.O=C(O)C(F)(F)F. The lowest BCUT2D eigenvalue weighted by Crippen LogP contribution is -2.54. The summed E-state index contributed by atoms with van der Waals surface area (Å²) in [6.45, 7) is 0. The summed E-state index contributed by atoms with van der Waals surface area (Å²) in [7, 11) is 0. The number of nitrogens with two attached hydrogens (primary N) is 1. The number of carboxylic acid groups (broad SMARTS) is 1. The lowest BCUT2D eigenvalue weighted by Gasteiger charge is -2.42. The van der Waals surface area contributed by atoms with Gasteiger partial charge in [-0.3, -0.25) is 4.79 Å². The number of alkyl halides is 3. The Balaban J connectivity index is 0.000000364. The van der Waals surface area contributed by atoms with Crippen molar-refractivity contribution < 1.29 is 27.9 Å². The van der Waals surface area contributed by atoms with E-state index >= 15 is 0 Å². The first-order valence-corrected chi connectivity index (χ1v) is 11.6. The third-order valence-corrected chi connectivity index (χ3v) is 7.61. The number of halogens is 3. The van der Waals surface area contributed by atoms with Gasteiger partial charge in [0.2, 0.25) is 5.91 Å². The van der Waals surface area contributed by atoms with E-state index in [1.807, 2.05) is 29.2 Å². The molecule has 3 aliphatic heterocycles. The number of anilines is 1. The predicted octanol–water partition coefficient (Wildman–Crippen LogP) is 2.78. The summed E-state index contributed by atoms with van der Waals surface area (Å²) in [5.74, 6) is -2.06. The van der Waals surface area contributed by atoms with E-state index in [1.54, 1.807) is 0 Å². The second-order valence-corrected chi connectivity index (χ2v) is 9.70. The number of likely N-dealkylation sites (tertiary alicyclic amines) is 1. The van der Waals surface area contributed by atoms with Crippen molar-refractivity contribution in [1.29, 1.82) is 10.5 Å². The summed E-state index contributed by atoms with van der Waals surface area (Å²) in [4.78, 5) is 26.3. The van der Waals surface area contributed by atoms with Crippen LogP contribution in [0, 0.1) is 34.5 Å². The first-order chi connectivity index (χ1) is 16.5. The van der Waals surface area contributed by atoms with Crippen LogP contribution in [-0.4, -0.2) is 58.3 Å². The predicted molar refractivity (Wildman–Crippen MR) is 118 cm³/mol. The maximum absolute atomic E-state index is 13.1. The third kappa shape index (κ3) is 4.92. The lowest BCUT2D eigenvalue weighted by molar-refractivity contribution is -0.192. The van der Waals surface area contributed by atoms with Crippen molar-refractivity contribution in [3.8, 4) is 12.1 Å². The summed E-state index contributed by atoms with van der Waals surface area (Å²) in [6.07, 6.45) is 0.862. The van der Waals surface area contributed by atoms with Crippen molar-refractivity contribution in [2.45, 2.75) is 74.9 Å². The van der Waals surface area contributed by atoms with Gasteiger partial charge in [-0.15, -0.1) is 0 Å². The van der Waals surface area contributed by atoms with Crippen LogP contribution in [0.25, 0.3) is 0 Å². The van der Waals surface area contributed by atoms with Gasteiger partial charge in [-0.05, 0) is 74.6 Å². The fourth-order valence-electron chi connectivity index (χ4n) is 5.90. The van der Waals surface area contributed by atoms with Gasteiger partial charge in [0.25, 0.3) is 0 Å². The minimum Gasteiger partial charge on any atom is -0.475 e. The van der Waals surface area contributed by atoms with Crippen LogP contribution in [0.5, 0.6) is 0 Å². The zero-order valence-corrected chi connectivity index (χ0v) is 18.9. The third-order valence-electron chi connectivity index (χ3n) is 7.61. The molecule has 0 radical (unpaired) electrons. The number of amides is 1. The van der Waals surface area contributed by atoms with E-state index < -0.39 is 18.2 Å². The molecule has 8 nitrogen and oxygen atoms in total. The van der Waals surface area contributed by atoms with Crippen LogP contribution < -0.4 is 10.6 Å². The Morgan fingerprint density at radius 3 is 2.11 bits per heavy atom. The van der Waals surface area contributed by atoms with Gasteiger partial charge in [-0.25, -0.2) is 4.79 Å². The number of benzene rings is 1. The Morgan fingerprint density at radius 1 is 1.06 bits per heavy atom. The molecule has 11 heteroatoms. The van der Waals surface area contributed by atoms with Crippen molar-refractivity contribution in [3.63, 3.8) is 0 Å². The number of piperidine rings is 2. The average Bonchev–Trinajstić information content (AvgIpc) is 3.42. The van der Waals surface area contributed by atoms with Gasteiger partial charge < -0.3 is 20.6 Å². The summed E-state index contributed by atoms with van der Waals surface area (Å²) in [6, 6.07) is 12.6. The summed E-state index contributed by atoms with van der Waals surface area (Å²) in [5, 5.41) is 25.5. The highest BCUT2D eigenvalue weighted by Gasteiger charge is 2.55. The number of aliphatic carboxylic acids is 1. The van der Waals surface area contributed by atoms with E-state index in [0.29, 0.717) is 23.6 Å². The van der Waals surface area contributed by atoms with Crippen molar-refractivity contribution in [3.05, 3.63) is 29.8 Å². The molecule has 1 saturated carbocycles. The number of hydrogen-bond acceptors (Lipinski definition) is 6.